The summed E-state index contributed by atoms with van der Waals surface area (Å²) in [5.74, 6) is -1.35. The van der Waals surface area contributed by atoms with E-state index >= 15 is 0 Å². The first-order valence-corrected chi connectivity index (χ1v) is 12.4. The fourth-order valence-corrected chi connectivity index (χ4v) is 5.38. The lowest BCUT2D eigenvalue weighted by Crippen LogP contribution is -2.48. The molecule has 3 aromatic rings. The molecular weight excluding hydrogens is 462 g/mol. The van der Waals surface area contributed by atoms with E-state index in [2.05, 4.69) is 10.3 Å². The number of aromatic nitrogens is 1. The molecule has 1 unspecified atom stereocenters. The van der Waals surface area contributed by atoms with Crippen LogP contribution < -0.4 is 5.32 Å². The van der Waals surface area contributed by atoms with Crippen LogP contribution >= 0.6 is 11.3 Å². The van der Waals surface area contributed by atoms with Crippen LogP contribution in [0.5, 0.6) is 0 Å². The van der Waals surface area contributed by atoms with Gasteiger partial charge < -0.3 is 15.3 Å². The molecule has 0 aliphatic carbocycles. The maximum atomic E-state index is 13.3. The molecule has 0 radical (unpaired) electrons. The lowest BCUT2D eigenvalue weighted by molar-refractivity contribution is -0.150. The van der Waals surface area contributed by atoms with Gasteiger partial charge >= 0.3 is 5.97 Å². The Bertz CT molecular complexity index is 1250. The molecule has 35 heavy (non-hydrogen) atoms. The first kappa shape index (κ1) is 24.6. The van der Waals surface area contributed by atoms with Crippen molar-refractivity contribution < 1.29 is 19.5 Å². The molecular formula is C27H29N3O4S. The van der Waals surface area contributed by atoms with Crippen LogP contribution in [-0.4, -0.2) is 45.4 Å². The summed E-state index contributed by atoms with van der Waals surface area (Å²) < 4.78 is 0. The van der Waals surface area contributed by atoms with E-state index in [9.17, 15) is 19.5 Å². The Morgan fingerprint density at radius 3 is 2.60 bits per heavy atom. The molecule has 2 N–H and O–H groups in total. The fraction of sp³-hybridized carbons (Fsp3) is 0.333. The number of likely N-dealkylation sites (tertiary alicyclic amines) is 1. The van der Waals surface area contributed by atoms with Crippen LogP contribution in [0.3, 0.4) is 0 Å². The van der Waals surface area contributed by atoms with Gasteiger partial charge in [0.05, 0.1) is 11.1 Å². The monoisotopic (exact) mass is 491 g/mol. The maximum Gasteiger partial charge on any atom is 0.326 e. The third-order valence-electron chi connectivity index (χ3n) is 6.46. The van der Waals surface area contributed by atoms with Gasteiger partial charge in [-0.1, -0.05) is 54.6 Å². The summed E-state index contributed by atoms with van der Waals surface area (Å²) in [4.78, 5) is 44.4. The highest BCUT2D eigenvalue weighted by molar-refractivity contribution is 7.17. The predicted octanol–water partition coefficient (Wildman–Crippen LogP) is 4.40. The first-order valence-electron chi connectivity index (χ1n) is 11.6. The van der Waals surface area contributed by atoms with Crippen LogP contribution in [0.2, 0.25) is 0 Å². The van der Waals surface area contributed by atoms with E-state index < -0.39 is 17.4 Å². The van der Waals surface area contributed by atoms with Gasteiger partial charge in [-0.2, -0.15) is 0 Å². The van der Waals surface area contributed by atoms with E-state index in [1.807, 2.05) is 75.4 Å². The van der Waals surface area contributed by atoms with Gasteiger partial charge in [0.15, 0.2) is 0 Å². The second kappa shape index (κ2) is 10.00. The van der Waals surface area contributed by atoms with Crippen LogP contribution in [0.1, 0.15) is 53.2 Å². The van der Waals surface area contributed by atoms with Gasteiger partial charge in [0.25, 0.3) is 5.91 Å². The fourth-order valence-electron chi connectivity index (χ4n) is 4.39. The number of nitrogens with zero attached hydrogens (tertiary/aromatic N) is 2. The average molecular weight is 492 g/mol. The van der Waals surface area contributed by atoms with Crippen LogP contribution in [0, 0.1) is 6.92 Å². The van der Waals surface area contributed by atoms with E-state index in [-0.39, 0.29) is 11.8 Å². The average Bonchev–Trinajstić information content (AvgIpc) is 3.50. The number of carbonyl (C=O) groups excluding carboxylic acids is 2. The molecule has 4 rings (SSSR count). The van der Waals surface area contributed by atoms with Crippen molar-refractivity contribution in [1.29, 1.82) is 0 Å². The SMILES string of the molecule is Cc1nc(-c2ccccc2)sc1C(=O)NCc1cccc(C(C)(C)C(=O)N2CCCC2C(=O)O)c1. The summed E-state index contributed by atoms with van der Waals surface area (Å²) in [5, 5.41) is 13.2. The quantitative estimate of drug-likeness (QED) is 0.510. The number of amides is 2. The summed E-state index contributed by atoms with van der Waals surface area (Å²) in [7, 11) is 0. The number of aliphatic carboxylic acids is 1. The Morgan fingerprint density at radius 1 is 1.14 bits per heavy atom. The molecule has 7 nitrogen and oxygen atoms in total. The van der Waals surface area contributed by atoms with Gasteiger partial charge in [-0.05, 0) is 44.7 Å². The smallest absolute Gasteiger partial charge is 0.326 e. The van der Waals surface area contributed by atoms with Crippen molar-refractivity contribution in [2.45, 2.75) is 51.6 Å². The molecule has 2 heterocycles. The second-order valence-electron chi connectivity index (χ2n) is 9.30. The largest absolute Gasteiger partial charge is 0.480 e. The molecule has 1 saturated heterocycles. The van der Waals surface area contributed by atoms with Crippen molar-refractivity contribution in [3.63, 3.8) is 0 Å². The number of nitrogens with one attached hydrogen (secondary N) is 1. The number of carboxylic acids is 1. The van der Waals surface area contributed by atoms with Crippen LogP contribution in [-0.2, 0) is 21.5 Å². The molecule has 2 aromatic carbocycles. The normalized spacial score (nSPS) is 15.7. The van der Waals surface area contributed by atoms with Gasteiger partial charge in [0.1, 0.15) is 15.9 Å². The maximum absolute atomic E-state index is 13.3. The number of hydrogen-bond acceptors (Lipinski definition) is 5. The number of aryl methyl sites for hydroxylation is 1. The van der Waals surface area contributed by atoms with Crippen LogP contribution in [0.4, 0.5) is 0 Å². The Morgan fingerprint density at radius 2 is 1.89 bits per heavy atom. The highest BCUT2D eigenvalue weighted by Crippen LogP contribution is 2.31. The molecule has 1 aliphatic rings. The van der Waals surface area contributed by atoms with E-state index in [1.54, 1.807) is 0 Å². The van der Waals surface area contributed by atoms with Crippen molar-refractivity contribution in [2.24, 2.45) is 0 Å². The number of rotatable bonds is 7. The number of benzene rings is 2. The van der Waals surface area contributed by atoms with Crippen molar-refractivity contribution in [3.8, 4) is 10.6 Å². The summed E-state index contributed by atoms with van der Waals surface area (Å²) in [6.07, 6.45) is 1.17. The molecule has 0 spiro atoms. The van der Waals surface area contributed by atoms with Gasteiger partial charge in [-0.15, -0.1) is 11.3 Å². The summed E-state index contributed by atoms with van der Waals surface area (Å²) in [5.41, 5.74) is 2.41. The van der Waals surface area contributed by atoms with E-state index in [0.29, 0.717) is 36.5 Å². The highest BCUT2D eigenvalue weighted by atomic mass is 32.1. The third kappa shape index (κ3) is 5.12. The zero-order valence-electron chi connectivity index (χ0n) is 20.1. The standard InChI is InChI=1S/C27H29N3O4S/c1-17-22(35-24(29-17)19-10-5-4-6-11-19)23(31)28-16-18-9-7-12-20(15-18)27(2,3)26(34)30-14-8-13-21(30)25(32)33/h4-7,9-12,15,21H,8,13-14,16H2,1-3H3,(H,28,31)(H,32,33). The molecule has 1 aliphatic heterocycles. The minimum Gasteiger partial charge on any atom is -0.480 e. The highest BCUT2D eigenvalue weighted by Gasteiger charge is 2.41. The molecule has 182 valence electrons. The van der Waals surface area contributed by atoms with Crippen LogP contribution in [0.15, 0.2) is 54.6 Å². The first-order chi connectivity index (χ1) is 16.7. The van der Waals surface area contributed by atoms with Crippen molar-refractivity contribution >= 4 is 29.1 Å². The summed E-state index contributed by atoms with van der Waals surface area (Å²) in [6, 6.07) is 16.5. The molecule has 8 heteroatoms. The minimum absolute atomic E-state index is 0.190. The molecule has 1 atom stereocenters. The van der Waals surface area contributed by atoms with Crippen molar-refractivity contribution in [2.75, 3.05) is 6.54 Å². The molecule has 1 fully saturated rings. The van der Waals surface area contributed by atoms with Crippen molar-refractivity contribution in [3.05, 3.63) is 76.3 Å². The number of carbonyl (C=O) groups is 3. The Hall–Kier alpha value is -3.52. The van der Waals surface area contributed by atoms with Gasteiger partial charge in [-0.3, -0.25) is 9.59 Å². The zero-order chi connectivity index (χ0) is 25.2. The number of thiazole rings is 1. The molecule has 0 bridgehead atoms. The van der Waals surface area contributed by atoms with Gasteiger partial charge in [-0.25, -0.2) is 9.78 Å². The van der Waals surface area contributed by atoms with E-state index in [1.165, 1.54) is 16.2 Å². The van der Waals surface area contributed by atoms with Gasteiger partial charge in [0.2, 0.25) is 5.91 Å². The second-order valence-corrected chi connectivity index (χ2v) is 10.3. The number of hydrogen-bond donors (Lipinski definition) is 2. The van der Waals surface area contributed by atoms with Gasteiger partial charge in [0, 0.05) is 18.7 Å². The summed E-state index contributed by atoms with van der Waals surface area (Å²) in [6.45, 7) is 6.21. The predicted molar refractivity (Wildman–Crippen MR) is 135 cm³/mol. The lowest BCUT2D eigenvalue weighted by Gasteiger charge is -2.32. The van der Waals surface area contributed by atoms with Crippen molar-refractivity contribution in [1.82, 2.24) is 15.2 Å². The Labute approximate surface area is 208 Å². The Balaban J connectivity index is 1.46. The lowest BCUT2D eigenvalue weighted by atomic mass is 9.82. The molecule has 0 saturated carbocycles. The zero-order valence-corrected chi connectivity index (χ0v) is 20.9. The minimum atomic E-state index is -0.961. The number of carboxylic acid groups (broad SMARTS) is 1. The third-order valence-corrected chi connectivity index (χ3v) is 7.66. The summed E-state index contributed by atoms with van der Waals surface area (Å²) >= 11 is 1.36. The van der Waals surface area contributed by atoms with E-state index in [0.717, 1.165) is 21.7 Å². The van der Waals surface area contributed by atoms with E-state index in [4.69, 9.17) is 0 Å². The molecule has 1 aromatic heterocycles. The Kier molecular flexibility index (Phi) is 7.03. The molecule has 2 amide bonds. The van der Waals surface area contributed by atoms with Crippen LogP contribution in [0.25, 0.3) is 10.6 Å². The topological polar surface area (TPSA) is 99.6 Å².